The molecule has 1 aromatic heterocycles. The van der Waals surface area contributed by atoms with E-state index in [1.165, 1.54) is 12.1 Å². The van der Waals surface area contributed by atoms with Gasteiger partial charge in [-0.25, -0.2) is 9.37 Å². The topological polar surface area (TPSA) is 40.7 Å². The van der Waals surface area contributed by atoms with Crippen molar-refractivity contribution in [2.24, 2.45) is 0 Å². The SMILES string of the molecule is CC(C)NCc1nc2cc(F)ccc2[nH]1. The highest BCUT2D eigenvalue weighted by Gasteiger charge is 2.03. The lowest BCUT2D eigenvalue weighted by Gasteiger charge is -2.04. The van der Waals surface area contributed by atoms with Gasteiger partial charge in [0.1, 0.15) is 11.6 Å². The zero-order valence-electron chi connectivity index (χ0n) is 8.84. The number of halogens is 1. The summed E-state index contributed by atoms with van der Waals surface area (Å²) in [5.74, 6) is 0.585. The van der Waals surface area contributed by atoms with Crippen LogP contribution in [0.3, 0.4) is 0 Å². The van der Waals surface area contributed by atoms with E-state index in [0.717, 1.165) is 11.3 Å². The number of fused-ring (bicyclic) bond motifs is 1. The molecule has 0 bridgehead atoms. The monoisotopic (exact) mass is 207 g/mol. The standard InChI is InChI=1S/C11H14FN3/c1-7(2)13-6-11-14-9-4-3-8(12)5-10(9)15-11/h3-5,7,13H,6H2,1-2H3,(H,14,15). The molecule has 4 heteroatoms. The number of H-pyrrole nitrogens is 1. The maximum atomic E-state index is 12.9. The lowest BCUT2D eigenvalue weighted by molar-refractivity contribution is 0.576. The first-order chi connectivity index (χ1) is 7.15. The Morgan fingerprint density at radius 3 is 3.00 bits per heavy atom. The van der Waals surface area contributed by atoms with E-state index < -0.39 is 0 Å². The van der Waals surface area contributed by atoms with Crippen LogP contribution >= 0.6 is 0 Å². The smallest absolute Gasteiger partial charge is 0.125 e. The molecule has 15 heavy (non-hydrogen) atoms. The molecule has 0 aliphatic heterocycles. The molecule has 3 nitrogen and oxygen atoms in total. The number of nitrogens with one attached hydrogen (secondary N) is 2. The fourth-order valence-corrected chi connectivity index (χ4v) is 1.42. The van der Waals surface area contributed by atoms with E-state index in [2.05, 4.69) is 29.1 Å². The van der Waals surface area contributed by atoms with Crippen LogP contribution in [0.1, 0.15) is 19.7 Å². The van der Waals surface area contributed by atoms with Crippen molar-refractivity contribution >= 4 is 11.0 Å². The van der Waals surface area contributed by atoms with Crippen molar-refractivity contribution < 1.29 is 4.39 Å². The zero-order chi connectivity index (χ0) is 10.8. The third-order valence-corrected chi connectivity index (χ3v) is 2.17. The van der Waals surface area contributed by atoms with Gasteiger partial charge in [0, 0.05) is 12.1 Å². The molecular formula is C11H14FN3. The molecular weight excluding hydrogens is 193 g/mol. The summed E-state index contributed by atoms with van der Waals surface area (Å²) in [6.45, 7) is 4.82. The van der Waals surface area contributed by atoms with Gasteiger partial charge >= 0.3 is 0 Å². The van der Waals surface area contributed by atoms with Crippen LogP contribution in [-0.2, 0) is 6.54 Å². The summed E-state index contributed by atoms with van der Waals surface area (Å²) in [4.78, 5) is 7.43. The number of rotatable bonds is 3. The fraction of sp³-hybridized carbons (Fsp3) is 0.364. The van der Waals surface area contributed by atoms with E-state index in [0.29, 0.717) is 18.1 Å². The predicted molar refractivity (Wildman–Crippen MR) is 58.0 cm³/mol. The number of aromatic amines is 1. The van der Waals surface area contributed by atoms with E-state index in [-0.39, 0.29) is 5.82 Å². The summed E-state index contributed by atoms with van der Waals surface area (Å²) in [5, 5.41) is 3.25. The molecule has 2 aromatic rings. The summed E-state index contributed by atoms with van der Waals surface area (Å²) in [6.07, 6.45) is 0. The highest BCUT2D eigenvalue weighted by atomic mass is 19.1. The van der Waals surface area contributed by atoms with Crippen molar-refractivity contribution in [1.29, 1.82) is 0 Å². The van der Waals surface area contributed by atoms with E-state index in [4.69, 9.17) is 0 Å². The average molecular weight is 207 g/mol. The summed E-state index contributed by atoms with van der Waals surface area (Å²) in [6, 6.07) is 4.98. The zero-order valence-corrected chi connectivity index (χ0v) is 8.84. The van der Waals surface area contributed by atoms with Crippen molar-refractivity contribution in [3.8, 4) is 0 Å². The third-order valence-electron chi connectivity index (χ3n) is 2.17. The maximum absolute atomic E-state index is 12.9. The van der Waals surface area contributed by atoms with Crippen LogP contribution < -0.4 is 5.32 Å². The van der Waals surface area contributed by atoms with Crippen LogP contribution in [0.5, 0.6) is 0 Å². The third kappa shape index (κ3) is 2.33. The molecule has 0 unspecified atom stereocenters. The molecule has 1 heterocycles. The lowest BCUT2D eigenvalue weighted by atomic mass is 10.3. The molecule has 80 valence electrons. The number of nitrogens with zero attached hydrogens (tertiary/aromatic N) is 1. The minimum Gasteiger partial charge on any atom is -0.341 e. The molecule has 0 aliphatic carbocycles. The number of aromatic nitrogens is 2. The normalized spacial score (nSPS) is 11.5. The van der Waals surface area contributed by atoms with Gasteiger partial charge in [-0.15, -0.1) is 0 Å². The van der Waals surface area contributed by atoms with Crippen LogP contribution in [0.25, 0.3) is 11.0 Å². The second kappa shape index (κ2) is 3.98. The Hall–Kier alpha value is -1.42. The molecule has 0 atom stereocenters. The van der Waals surface area contributed by atoms with Crippen molar-refractivity contribution in [1.82, 2.24) is 15.3 Å². The van der Waals surface area contributed by atoms with E-state index in [9.17, 15) is 4.39 Å². The van der Waals surface area contributed by atoms with Gasteiger partial charge in [-0.1, -0.05) is 13.8 Å². The summed E-state index contributed by atoms with van der Waals surface area (Å²) in [7, 11) is 0. The van der Waals surface area contributed by atoms with Gasteiger partial charge in [-0.3, -0.25) is 0 Å². The van der Waals surface area contributed by atoms with Crippen molar-refractivity contribution in [3.63, 3.8) is 0 Å². The van der Waals surface area contributed by atoms with E-state index in [1.54, 1.807) is 6.07 Å². The van der Waals surface area contributed by atoms with Gasteiger partial charge in [0.2, 0.25) is 0 Å². The number of imidazole rings is 1. The molecule has 0 fully saturated rings. The van der Waals surface area contributed by atoms with E-state index in [1.807, 2.05) is 0 Å². The number of hydrogen-bond donors (Lipinski definition) is 2. The second-order valence-corrected chi connectivity index (χ2v) is 3.88. The molecule has 0 amide bonds. The Labute approximate surface area is 87.7 Å². The van der Waals surface area contributed by atoms with E-state index >= 15 is 0 Å². The summed E-state index contributed by atoms with van der Waals surface area (Å²) in [5.41, 5.74) is 1.55. The average Bonchev–Trinajstić information content (AvgIpc) is 2.56. The molecule has 0 radical (unpaired) electrons. The van der Waals surface area contributed by atoms with Crippen LogP contribution in [0.15, 0.2) is 18.2 Å². The molecule has 2 rings (SSSR count). The van der Waals surface area contributed by atoms with Gasteiger partial charge in [0.25, 0.3) is 0 Å². The molecule has 0 spiro atoms. The van der Waals surface area contributed by atoms with Crippen molar-refractivity contribution in [2.75, 3.05) is 0 Å². The molecule has 0 aliphatic rings. The first-order valence-electron chi connectivity index (χ1n) is 5.02. The highest BCUT2D eigenvalue weighted by molar-refractivity contribution is 5.74. The summed E-state index contributed by atoms with van der Waals surface area (Å²) < 4.78 is 12.9. The summed E-state index contributed by atoms with van der Waals surface area (Å²) >= 11 is 0. The Morgan fingerprint density at radius 2 is 2.27 bits per heavy atom. The number of hydrogen-bond acceptors (Lipinski definition) is 2. The lowest BCUT2D eigenvalue weighted by Crippen LogP contribution is -2.22. The van der Waals surface area contributed by atoms with Crippen LogP contribution in [0, 0.1) is 5.82 Å². The van der Waals surface area contributed by atoms with Gasteiger partial charge in [0.05, 0.1) is 17.6 Å². The van der Waals surface area contributed by atoms with Gasteiger partial charge in [-0.2, -0.15) is 0 Å². The van der Waals surface area contributed by atoms with Crippen LogP contribution in [0.4, 0.5) is 4.39 Å². The molecule has 0 saturated heterocycles. The second-order valence-electron chi connectivity index (χ2n) is 3.88. The quantitative estimate of drug-likeness (QED) is 0.810. The van der Waals surface area contributed by atoms with Gasteiger partial charge < -0.3 is 10.3 Å². The highest BCUT2D eigenvalue weighted by Crippen LogP contribution is 2.12. The van der Waals surface area contributed by atoms with Crippen molar-refractivity contribution in [3.05, 3.63) is 29.8 Å². The largest absolute Gasteiger partial charge is 0.341 e. The van der Waals surface area contributed by atoms with Gasteiger partial charge in [0.15, 0.2) is 0 Å². The van der Waals surface area contributed by atoms with Gasteiger partial charge in [-0.05, 0) is 12.1 Å². The first kappa shape index (κ1) is 10.1. The molecule has 0 saturated carbocycles. The van der Waals surface area contributed by atoms with Crippen LogP contribution in [0.2, 0.25) is 0 Å². The predicted octanol–water partition coefficient (Wildman–Crippen LogP) is 2.20. The Kier molecular flexibility index (Phi) is 2.68. The Bertz CT molecular complexity index is 462. The maximum Gasteiger partial charge on any atom is 0.125 e. The number of benzene rings is 1. The Balaban J connectivity index is 2.23. The minimum absolute atomic E-state index is 0.252. The molecule has 1 aromatic carbocycles. The minimum atomic E-state index is -0.252. The first-order valence-corrected chi connectivity index (χ1v) is 5.02. The fourth-order valence-electron chi connectivity index (χ4n) is 1.42. The van der Waals surface area contributed by atoms with Crippen LogP contribution in [-0.4, -0.2) is 16.0 Å². The molecule has 2 N–H and O–H groups in total. The van der Waals surface area contributed by atoms with Crippen molar-refractivity contribution in [2.45, 2.75) is 26.4 Å². The Morgan fingerprint density at radius 1 is 1.47 bits per heavy atom.